The van der Waals surface area contributed by atoms with Gasteiger partial charge in [-0.15, -0.1) is 0 Å². The average Bonchev–Trinajstić information content (AvgIpc) is 2.22. The molecule has 2 atom stereocenters. The number of hydrogen-bond acceptors (Lipinski definition) is 5. The summed E-state index contributed by atoms with van der Waals surface area (Å²) in [7, 11) is -4.81. The highest BCUT2D eigenvalue weighted by atomic mass is 32.2. The van der Waals surface area contributed by atoms with Crippen LogP contribution in [-0.2, 0) is 24.4 Å². The largest absolute Gasteiger partial charge is 0.481 e. The molecule has 7 nitrogen and oxygen atoms in total. The number of carbonyl (C=O) groups excluding carboxylic acids is 1. The van der Waals surface area contributed by atoms with E-state index in [0.717, 1.165) is 0 Å². The van der Waals surface area contributed by atoms with Crippen LogP contribution < -0.4 is 0 Å². The summed E-state index contributed by atoms with van der Waals surface area (Å²) in [5.41, 5.74) is 0. The lowest BCUT2D eigenvalue weighted by Gasteiger charge is -2.24. The Labute approximate surface area is 119 Å². The van der Waals surface area contributed by atoms with Gasteiger partial charge in [-0.25, -0.2) is 0 Å². The Kier molecular flexibility index (Phi) is 7.15. The van der Waals surface area contributed by atoms with Gasteiger partial charge >= 0.3 is 11.9 Å². The van der Waals surface area contributed by atoms with Gasteiger partial charge in [-0.2, -0.15) is 8.42 Å². The molecule has 0 saturated heterocycles. The molecule has 2 N–H and O–H groups in total. The van der Waals surface area contributed by atoms with E-state index in [1.54, 1.807) is 13.8 Å². The molecule has 2 unspecified atom stereocenters. The minimum atomic E-state index is -4.81. The van der Waals surface area contributed by atoms with Gasteiger partial charge in [-0.1, -0.05) is 27.7 Å². The first-order chi connectivity index (χ1) is 8.95. The van der Waals surface area contributed by atoms with E-state index >= 15 is 0 Å². The van der Waals surface area contributed by atoms with Crippen molar-refractivity contribution < 1.29 is 32.4 Å². The summed E-state index contributed by atoms with van der Waals surface area (Å²) in [6, 6.07) is 0. The van der Waals surface area contributed by atoms with Gasteiger partial charge in [0.25, 0.3) is 10.1 Å². The molecule has 0 amide bonds. The number of aliphatic carboxylic acids is 1. The first kappa shape index (κ1) is 18.9. The monoisotopic (exact) mass is 310 g/mol. The Balaban J connectivity index is 5.02. The van der Waals surface area contributed by atoms with Crippen molar-refractivity contribution in [3.63, 3.8) is 0 Å². The van der Waals surface area contributed by atoms with E-state index in [0.29, 0.717) is 6.42 Å². The Hall–Kier alpha value is -1.15. The van der Waals surface area contributed by atoms with Crippen LogP contribution in [0.3, 0.4) is 0 Å². The Morgan fingerprint density at radius 1 is 1.15 bits per heavy atom. The normalized spacial score (nSPS) is 15.2. The zero-order chi connectivity index (χ0) is 16.1. The molecule has 20 heavy (non-hydrogen) atoms. The molecule has 0 fully saturated rings. The lowest BCUT2D eigenvalue weighted by Crippen LogP contribution is -2.37. The van der Waals surface area contributed by atoms with Crippen LogP contribution in [-0.4, -0.2) is 41.4 Å². The number of rotatable bonds is 8. The molecule has 0 rings (SSSR count). The first-order valence-corrected chi connectivity index (χ1v) is 7.84. The van der Waals surface area contributed by atoms with Crippen LogP contribution in [0.1, 0.15) is 40.5 Å². The maximum absolute atomic E-state index is 11.8. The molecule has 0 aliphatic carbocycles. The van der Waals surface area contributed by atoms with Gasteiger partial charge in [-0.05, 0) is 18.3 Å². The number of ether oxygens (including phenoxy) is 1. The fraction of sp³-hybridized carbons (Fsp3) is 0.833. The fourth-order valence-corrected chi connectivity index (χ4v) is 2.27. The second-order valence-electron chi connectivity index (χ2n) is 5.45. The molecule has 118 valence electrons. The van der Waals surface area contributed by atoms with Gasteiger partial charge in [0, 0.05) is 0 Å². The van der Waals surface area contributed by atoms with Gasteiger partial charge < -0.3 is 9.84 Å². The smallest absolute Gasteiger partial charge is 0.327 e. The van der Waals surface area contributed by atoms with E-state index in [1.165, 1.54) is 0 Å². The summed E-state index contributed by atoms with van der Waals surface area (Å²) in [4.78, 5) is 22.4. The minimum Gasteiger partial charge on any atom is -0.481 e. The molecule has 8 heteroatoms. The van der Waals surface area contributed by atoms with Gasteiger partial charge in [-0.3, -0.25) is 14.1 Å². The van der Waals surface area contributed by atoms with Crippen molar-refractivity contribution in [1.82, 2.24) is 0 Å². The molecule has 0 aliphatic rings. The molecule has 0 saturated carbocycles. The number of carboxylic acids is 1. The topological polar surface area (TPSA) is 118 Å². The highest BCUT2D eigenvalue weighted by molar-refractivity contribution is 7.87. The van der Waals surface area contributed by atoms with Crippen LogP contribution in [0.5, 0.6) is 0 Å². The number of esters is 1. The second-order valence-corrected chi connectivity index (χ2v) is 7.05. The van der Waals surface area contributed by atoms with Crippen molar-refractivity contribution >= 4 is 22.1 Å². The Morgan fingerprint density at radius 2 is 1.65 bits per heavy atom. The summed E-state index contributed by atoms with van der Waals surface area (Å²) >= 11 is 0. The fourth-order valence-electron chi connectivity index (χ4n) is 1.61. The van der Waals surface area contributed by atoms with Crippen LogP contribution in [0.4, 0.5) is 0 Å². The third-order valence-electron chi connectivity index (χ3n) is 2.70. The summed E-state index contributed by atoms with van der Waals surface area (Å²) in [5.74, 6) is -2.56. The van der Waals surface area contributed by atoms with Gasteiger partial charge in [0.15, 0.2) is 5.25 Å². The summed E-state index contributed by atoms with van der Waals surface area (Å²) in [6.07, 6.45) is -1.03. The van der Waals surface area contributed by atoms with Crippen molar-refractivity contribution in [3.8, 4) is 0 Å². The van der Waals surface area contributed by atoms with E-state index in [-0.39, 0.29) is 11.8 Å². The molecule has 0 aromatic carbocycles. The van der Waals surface area contributed by atoms with E-state index < -0.39 is 39.8 Å². The zero-order valence-electron chi connectivity index (χ0n) is 12.1. The molecule has 0 aromatic rings. The van der Waals surface area contributed by atoms with Crippen LogP contribution in [0.2, 0.25) is 0 Å². The molecule has 0 aliphatic heterocycles. The predicted molar refractivity (Wildman–Crippen MR) is 71.8 cm³/mol. The van der Waals surface area contributed by atoms with Crippen molar-refractivity contribution in [2.45, 2.75) is 51.9 Å². The standard InChI is InChI=1S/C12H22O7S/c1-7(2)5-9(8(3)4)19-12(15)10(6-11(13)14)20(16,17)18/h7-10H,5-6H2,1-4H3,(H,13,14)(H,16,17,18). The van der Waals surface area contributed by atoms with E-state index in [1.807, 2.05) is 13.8 Å². The lowest BCUT2D eigenvalue weighted by molar-refractivity contribution is -0.154. The maximum atomic E-state index is 11.8. The van der Waals surface area contributed by atoms with Crippen LogP contribution in [0, 0.1) is 11.8 Å². The molecule has 0 radical (unpaired) electrons. The van der Waals surface area contributed by atoms with E-state index in [4.69, 9.17) is 14.4 Å². The second kappa shape index (κ2) is 7.58. The van der Waals surface area contributed by atoms with Crippen LogP contribution in [0.25, 0.3) is 0 Å². The van der Waals surface area contributed by atoms with Gasteiger partial charge in [0.1, 0.15) is 6.10 Å². The third-order valence-corrected chi connectivity index (χ3v) is 3.78. The molecule has 0 aromatic heterocycles. The average molecular weight is 310 g/mol. The van der Waals surface area contributed by atoms with Crippen molar-refractivity contribution in [3.05, 3.63) is 0 Å². The number of carboxylic acid groups (broad SMARTS) is 1. The third kappa shape index (κ3) is 6.85. The highest BCUT2D eigenvalue weighted by Crippen LogP contribution is 2.19. The SMILES string of the molecule is CC(C)CC(OC(=O)C(CC(=O)O)S(=O)(=O)O)C(C)C. The highest BCUT2D eigenvalue weighted by Gasteiger charge is 2.36. The summed E-state index contributed by atoms with van der Waals surface area (Å²) in [5, 5.41) is 6.51. The Morgan fingerprint density at radius 3 is 1.95 bits per heavy atom. The van der Waals surface area contributed by atoms with Crippen molar-refractivity contribution in [1.29, 1.82) is 0 Å². The number of hydrogen-bond donors (Lipinski definition) is 2. The molecule has 0 spiro atoms. The minimum absolute atomic E-state index is 0.0479. The van der Waals surface area contributed by atoms with Gasteiger partial charge in [0.2, 0.25) is 0 Å². The van der Waals surface area contributed by atoms with Crippen LogP contribution in [0.15, 0.2) is 0 Å². The van der Waals surface area contributed by atoms with Crippen LogP contribution >= 0.6 is 0 Å². The molecule has 0 heterocycles. The lowest BCUT2D eigenvalue weighted by atomic mass is 9.97. The predicted octanol–water partition coefficient (Wildman–Crippen LogP) is 1.33. The van der Waals surface area contributed by atoms with Crippen molar-refractivity contribution in [2.75, 3.05) is 0 Å². The zero-order valence-corrected chi connectivity index (χ0v) is 12.9. The van der Waals surface area contributed by atoms with E-state index in [2.05, 4.69) is 0 Å². The Bertz CT molecular complexity index is 439. The van der Waals surface area contributed by atoms with Crippen molar-refractivity contribution in [2.24, 2.45) is 11.8 Å². The molecular formula is C12H22O7S. The maximum Gasteiger partial charge on any atom is 0.327 e. The summed E-state index contributed by atoms with van der Waals surface area (Å²) in [6.45, 7) is 7.45. The summed E-state index contributed by atoms with van der Waals surface area (Å²) < 4.78 is 36.2. The molecular weight excluding hydrogens is 288 g/mol. The first-order valence-electron chi connectivity index (χ1n) is 6.33. The quantitative estimate of drug-likeness (QED) is 0.513. The van der Waals surface area contributed by atoms with Gasteiger partial charge in [0.05, 0.1) is 6.42 Å². The molecule has 0 bridgehead atoms. The number of carbonyl (C=O) groups is 2. The van der Waals surface area contributed by atoms with E-state index in [9.17, 15) is 18.0 Å².